The quantitative estimate of drug-likeness (QED) is 0.686. The fourth-order valence-electron chi connectivity index (χ4n) is 2.32. The van der Waals surface area contributed by atoms with Crippen molar-refractivity contribution >= 4 is 34.0 Å². The third kappa shape index (κ3) is 2.65. The van der Waals surface area contributed by atoms with Gasteiger partial charge in [-0.15, -0.1) is 22.9 Å². The van der Waals surface area contributed by atoms with Crippen molar-refractivity contribution in [1.82, 2.24) is 14.5 Å². The van der Waals surface area contributed by atoms with Crippen molar-refractivity contribution in [3.63, 3.8) is 0 Å². The minimum absolute atomic E-state index is 0.206. The van der Waals surface area contributed by atoms with Crippen LogP contribution in [0, 0.1) is 18.3 Å². The Morgan fingerprint density at radius 3 is 2.86 bits per heavy atom. The Morgan fingerprint density at radius 2 is 2.24 bits per heavy atom. The van der Waals surface area contributed by atoms with Crippen molar-refractivity contribution in [2.45, 2.75) is 25.8 Å². The second kappa shape index (κ2) is 5.47. The molecule has 2 aromatic heterocycles. The SMILES string of the molecule is Cc1nc(Cn2c(C(C)Cl)nc3ccc(C#N)cc32)cs1. The van der Waals surface area contributed by atoms with Crippen molar-refractivity contribution in [3.05, 3.63) is 45.7 Å². The van der Waals surface area contributed by atoms with Crippen LogP contribution in [0.1, 0.15) is 34.4 Å². The first-order chi connectivity index (χ1) is 10.1. The van der Waals surface area contributed by atoms with Crippen LogP contribution in [-0.4, -0.2) is 14.5 Å². The topological polar surface area (TPSA) is 54.5 Å². The summed E-state index contributed by atoms with van der Waals surface area (Å²) in [4.78, 5) is 9.08. The number of nitriles is 1. The summed E-state index contributed by atoms with van der Waals surface area (Å²) < 4.78 is 2.04. The maximum absolute atomic E-state index is 9.08. The van der Waals surface area contributed by atoms with Gasteiger partial charge in [-0.3, -0.25) is 0 Å². The zero-order chi connectivity index (χ0) is 15.0. The van der Waals surface area contributed by atoms with Gasteiger partial charge in [0.05, 0.1) is 45.3 Å². The number of rotatable bonds is 3. The van der Waals surface area contributed by atoms with Crippen LogP contribution in [0.3, 0.4) is 0 Å². The van der Waals surface area contributed by atoms with Gasteiger partial charge in [0.2, 0.25) is 0 Å². The minimum atomic E-state index is -0.206. The number of thiazole rings is 1. The molecule has 21 heavy (non-hydrogen) atoms. The molecule has 0 N–H and O–H groups in total. The second-order valence-electron chi connectivity index (χ2n) is 4.85. The highest BCUT2D eigenvalue weighted by molar-refractivity contribution is 7.09. The summed E-state index contributed by atoms with van der Waals surface area (Å²) in [6.45, 7) is 4.50. The molecule has 0 aliphatic carbocycles. The molecule has 0 spiro atoms. The predicted octanol–water partition coefficient (Wildman–Crippen LogP) is 4.02. The van der Waals surface area contributed by atoms with Crippen molar-refractivity contribution in [2.75, 3.05) is 0 Å². The maximum atomic E-state index is 9.08. The zero-order valence-electron chi connectivity index (χ0n) is 11.7. The number of benzene rings is 1. The van der Waals surface area contributed by atoms with Crippen LogP contribution in [0.5, 0.6) is 0 Å². The van der Waals surface area contributed by atoms with Crippen molar-refractivity contribution in [2.24, 2.45) is 0 Å². The van der Waals surface area contributed by atoms with E-state index in [1.165, 1.54) is 0 Å². The van der Waals surface area contributed by atoms with Crippen LogP contribution in [0.4, 0.5) is 0 Å². The largest absolute Gasteiger partial charge is 0.321 e. The van der Waals surface area contributed by atoms with E-state index in [-0.39, 0.29) is 5.38 Å². The summed E-state index contributed by atoms with van der Waals surface area (Å²) in [7, 11) is 0. The van der Waals surface area contributed by atoms with Crippen LogP contribution in [0.2, 0.25) is 0 Å². The van der Waals surface area contributed by atoms with Gasteiger partial charge in [-0.05, 0) is 32.0 Å². The number of halogens is 1. The Balaban J connectivity index is 2.17. The van der Waals surface area contributed by atoms with Gasteiger partial charge in [0.15, 0.2) is 0 Å². The first-order valence-electron chi connectivity index (χ1n) is 6.54. The molecule has 0 amide bonds. The number of aryl methyl sites for hydroxylation is 1. The Bertz CT molecular complexity index is 841. The van der Waals surface area contributed by atoms with Crippen LogP contribution in [0.25, 0.3) is 11.0 Å². The Hall–Kier alpha value is -1.90. The lowest BCUT2D eigenvalue weighted by atomic mass is 10.2. The summed E-state index contributed by atoms with van der Waals surface area (Å²) >= 11 is 7.88. The number of aromatic nitrogens is 3. The molecule has 1 unspecified atom stereocenters. The van der Waals surface area contributed by atoms with E-state index in [0.717, 1.165) is 27.6 Å². The van der Waals surface area contributed by atoms with E-state index in [2.05, 4.69) is 16.0 Å². The molecule has 1 aromatic carbocycles. The van der Waals surface area contributed by atoms with Gasteiger partial charge in [-0.25, -0.2) is 9.97 Å². The highest BCUT2D eigenvalue weighted by Crippen LogP contribution is 2.26. The molecule has 2 heterocycles. The molecule has 6 heteroatoms. The molecule has 0 saturated heterocycles. The summed E-state index contributed by atoms with van der Waals surface area (Å²) in [5, 5.41) is 11.9. The van der Waals surface area contributed by atoms with Crippen LogP contribution < -0.4 is 0 Å². The van der Waals surface area contributed by atoms with E-state index >= 15 is 0 Å². The summed E-state index contributed by atoms with van der Waals surface area (Å²) in [6, 6.07) is 7.65. The van der Waals surface area contributed by atoms with E-state index in [1.54, 1.807) is 17.4 Å². The lowest BCUT2D eigenvalue weighted by Gasteiger charge is -2.09. The number of alkyl halides is 1. The van der Waals surface area contributed by atoms with Gasteiger partial charge < -0.3 is 4.57 Å². The molecule has 0 fully saturated rings. The third-order valence-electron chi connectivity index (χ3n) is 3.25. The van der Waals surface area contributed by atoms with Gasteiger partial charge in [0.1, 0.15) is 5.82 Å². The smallest absolute Gasteiger partial charge is 0.128 e. The minimum Gasteiger partial charge on any atom is -0.321 e. The molecular weight excluding hydrogens is 304 g/mol. The highest BCUT2D eigenvalue weighted by atomic mass is 35.5. The van der Waals surface area contributed by atoms with Crippen LogP contribution in [-0.2, 0) is 6.54 Å². The first-order valence-corrected chi connectivity index (χ1v) is 7.85. The molecule has 106 valence electrons. The monoisotopic (exact) mass is 316 g/mol. The molecule has 0 saturated carbocycles. The van der Waals surface area contributed by atoms with Gasteiger partial charge in [-0.2, -0.15) is 5.26 Å². The number of hydrogen-bond donors (Lipinski definition) is 0. The molecule has 0 radical (unpaired) electrons. The van der Waals surface area contributed by atoms with E-state index < -0.39 is 0 Å². The fraction of sp³-hybridized carbons (Fsp3) is 0.267. The molecule has 3 rings (SSSR count). The highest BCUT2D eigenvalue weighted by Gasteiger charge is 2.16. The fourth-order valence-corrected chi connectivity index (χ4v) is 3.09. The molecule has 0 aliphatic rings. The lowest BCUT2D eigenvalue weighted by molar-refractivity contribution is 0.729. The Kier molecular flexibility index (Phi) is 3.66. The molecule has 4 nitrogen and oxygen atoms in total. The Labute approximate surface area is 131 Å². The summed E-state index contributed by atoms with van der Waals surface area (Å²) in [5.41, 5.74) is 3.37. The number of fused-ring (bicyclic) bond motifs is 1. The predicted molar refractivity (Wildman–Crippen MR) is 84.7 cm³/mol. The van der Waals surface area contributed by atoms with E-state index in [4.69, 9.17) is 16.9 Å². The van der Waals surface area contributed by atoms with E-state index in [1.807, 2.05) is 35.9 Å². The van der Waals surface area contributed by atoms with Gasteiger partial charge in [0, 0.05) is 5.38 Å². The summed E-state index contributed by atoms with van der Waals surface area (Å²) in [6.07, 6.45) is 0. The molecule has 0 bridgehead atoms. The van der Waals surface area contributed by atoms with Crippen LogP contribution >= 0.6 is 22.9 Å². The van der Waals surface area contributed by atoms with Crippen LogP contribution in [0.15, 0.2) is 23.6 Å². The number of imidazole rings is 1. The second-order valence-corrected chi connectivity index (χ2v) is 6.56. The average molecular weight is 317 g/mol. The molecular formula is C15H13ClN4S. The van der Waals surface area contributed by atoms with E-state index in [0.29, 0.717) is 12.1 Å². The van der Waals surface area contributed by atoms with Crippen molar-refractivity contribution in [3.8, 4) is 6.07 Å². The average Bonchev–Trinajstić information content (AvgIpc) is 3.03. The maximum Gasteiger partial charge on any atom is 0.128 e. The number of hydrogen-bond acceptors (Lipinski definition) is 4. The van der Waals surface area contributed by atoms with Gasteiger partial charge >= 0.3 is 0 Å². The zero-order valence-corrected chi connectivity index (χ0v) is 13.2. The molecule has 3 aromatic rings. The summed E-state index contributed by atoms with van der Waals surface area (Å²) in [5.74, 6) is 0.799. The standard InChI is InChI=1S/C15H13ClN4S/c1-9(16)15-19-13-4-3-11(6-17)5-14(13)20(15)7-12-8-21-10(2)18-12/h3-5,8-9H,7H2,1-2H3. The van der Waals surface area contributed by atoms with Gasteiger partial charge in [-0.1, -0.05) is 0 Å². The lowest BCUT2D eigenvalue weighted by Crippen LogP contribution is -2.06. The first kappa shape index (κ1) is 14.1. The third-order valence-corrected chi connectivity index (χ3v) is 4.27. The Morgan fingerprint density at radius 1 is 1.43 bits per heavy atom. The van der Waals surface area contributed by atoms with Crippen molar-refractivity contribution < 1.29 is 0 Å². The number of nitrogens with zero attached hydrogens (tertiary/aromatic N) is 4. The van der Waals surface area contributed by atoms with Gasteiger partial charge in [0.25, 0.3) is 0 Å². The van der Waals surface area contributed by atoms with Crippen molar-refractivity contribution in [1.29, 1.82) is 5.26 Å². The molecule has 0 aliphatic heterocycles. The van der Waals surface area contributed by atoms with E-state index in [9.17, 15) is 0 Å². The normalized spacial score (nSPS) is 12.5. The molecule has 1 atom stereocenters.